The zero-order chi connectivity index (χ0) is 38.8. The molecule has 1 aliphatic carbocycles. The summed E-state index contributed by atoms with van der Waals surface area (Å²) >= 11 is 2.35. The molecule has 246 valence electrons. The van der Waals surface area contributed by atoms with Crippen LogP contribution in [0.5, 0.6) is 11.5 Å². The number of hydrogen-bond acceptors (Lipinski definition) is 15. The molecule has 2 saturated heterocycles. The van der Waals surface area contributed by atoms with E-state index in [1.54, 1.807) is 6.07 Å². The van der Waals surface area contributed by atoms with E-state index in [0.29, 0.717) is 5.56 Å². The number of aliphatic hydroxyl groups excluding tert-OH is 3. The van der Waals surface area contributed by atoms with E-state index >= 15 is 0 Å². The Kier molecular flexibility index (Phi) is 10.1. The molecule has 13 nitrogen and oxygen atoms in total. The van der Waals surface area contributed by atoms with Gasteiger partial charge >= 0.3 is 0 Å². The number of carbonyl (C=O) groups excluding carboxylic acids is 2. The first kappa shape index (κ1) is 26.6. The van der Waals surface area contributed by atoms with Gasteiger partial charge in [-0.05, 0) is 81.0 Å². The lowest BCUT2D eigenvalue weighted by Crippen LogP contribution is -2.67. The summed E-state index contributed by atoms with van der Waals surface area (Å²) in [6.45, 7) is 2.61. The quantitative estimate of drug-likeness (QED) is 0.0668. The minimum absolute atomic E-state index is 0.0257. The van der Waals surface area contributed by atoms with Crippen LogP contribution in [0.3, 0.4) is 0 Å². The van der Waals surface area contributed by atoms with Crippen LogP contribution in [-0.4, -0.2) is 146 Å². The first-order chi connectivity index (χ1) is 25.2. The zero-order valence-corrected chi connectivity index (χ0v) is 26.8. The molecule has 3 aliphatic rings. The predicted molar refractivity (Wildman–Crippen MR) is 178 cm³/mol. The highest BCUT2D eigenvalue weighted by Crippen LogP contribution is 2.37. The van der Waals surface area contributed by atoms with Crippen LogP contribution < -0.4 is 14.2 Å². The van der Waals surface area contributed by atoms with Gasteiger partial charge in [0.1, 0.15) is 78.9 Å². The Hall–Kier alpha value is -1.38. The summed E-state index contributed by atoms with van der Waals surface area (Å²) < 4.78 is 99.9. The van der Waals surface area contributed by atoms with Gasteiger partial charge in [0.25, 0.3) is 0 Å². The molecule has 0 radical (unpaired) electrons. The van der Waals surface area contributed by atoms with E-state index < -0.39 is 96.2 Å². The Labute approximate surface area is 289 Å². The molecule has 4 N–H and O–H groups in total. The van der Waals surface area contributed by atoms with Crippen molar-refractivity contribution in [3.05, 3.63) is 29.3 Å². The maximum absolute atomic E-state index is 13.6. The number of ether oxygens (including phenoxy) is 4. The molecule has 45 heavy (non-hydrogen) atoms. The van der Waals surface area contributed by atoms with Gasteiger partial charge in [-0.15, -0.1) is 0 Å². The summed E-state index contributed by atoms with van der Waals surface area (Å²) in [7, 11) is -3.60. The molecule has 0 bridgehead atoms. The Bertz CT molecular complexity index is 1410. The van der Waals surface area contributed by atoms with Crippen molar-refractivity contribution in [3.63, 3.8) is 0 Å². The van der Waals surface area contributed by atoms with Crippen molar-refractivity contribution >= 4 is 77.2 Å². The van der Waals surface area contributed by atoms with Crippen molar-refractivity contribution < 1.29 is 56.4 Å². The summed E-state index contributed by atoms with van der Waals surface area (Å²) in [5, 5.41) is 23.5. The van der Waals surface area contributed by atoms with Gasteiger partial charge in [0.2, 0.25) is 15.1 Å². The molecular weight excluding hydrogens is 647 g/mol. The molecule has 0 spiro atoms. The number of Topliss-reactive ketones (excluding diaryl/α,β-unsaturated/α-hetero) is 1. The van der Waals surface area contributed by atoms with E-state index in [9.17, 15) is 14.7 Å². The SMILES string of the molecule is [2H]B([3H])CSOc1cc(C=C(C)C(=O)NC2[C@@H](OSCB([2H])[3H])[C@@H]3OCO[C@@H]3[C@H](O[3H])[C@H]2O[3H])ccc1O[C@@H]1O[C@H](C(C)=O)[C@@H](OSCB([2H])[3H])[C@@H]1O. The number of nitrogens with one attached hydrogen (secondary N) is 1. The first-order valence-electron chi connectivity index (χ1n) is 18.0. The molecule has 2 aliphatic heterocycles. The van der Waals surface area contributed by atoms with Gasteiger partial charge in [0.15, 0.2) is 17.3 Å². The number of benzene rings is 1. The fourth-order valence-electron chi connectivity index (χ4n) is 5.00. The minimum Gasteiger partial charge on any atom is -0.458 e. The van der Waals surface area contributed by atoms with Crippen molar-refractivity contribution in [2.45, 2.75) is 75.0 Å². The Balaban J connectivity index is 1.55. The molecule has 1 unspecified atom stereocenters. The smallest absolute Gasteiger partial charge is 0.247 e. The third kappa shape index (κ3) is 8.76. The summed E-state index contributed by atoms with van der Waals surface area (Å²) in [5.41, 5.74) is 0.489. The molecule has 1 aromatic carbocycles. The van der Waals surface area contributed by atoms with E-state index in [2.05, 4.69) is 5.32 Å². The molecular formula is C26H38B3NO12S3. The largest absolute Gasteiger partial charge is 0.458 e. The van der Waals surface area contributed by atoms with Gasteiger partial charge in [-0.3, -0.25) is 9.59 Å². The van der Waals surface area contributed by atoms with Gasteiger partial charge in [0, 0.05) is 23.3 Å². The summed E-state index contributed by atoms with van der Waals surface area (Å²) in [5.74, 6) is -0.949. The molecule has 0 aromatic heterocycles. The summed E-state index contributed by atoms with van der Waals surface area (Å²) in [6.07, 6.45) is -8.76. The Morgan fingerprint density at radius 2 is 1.78 bits per heavy atom. The van der Waals surface area contributed by atoms with Gasteiger partial charge in [0.05, 0.1) is 6.04 Å². The van der Waals surface area contributed by atoms with Crippen LogP contribution in [0.1, 0.15) is 19.4 Å². The maximum Gasteiger partial charge on any atom is 0.247 e. The normalized spacial score (nSPS) is 35.2. The molecule has 3 fully saturated rings. The maximum atomic E-state index is 13.6. The monoisotopic (exact) mass is 698 g/mol. The van der Waals surface area contributed by atoms with E-state index in [1.165, 1.54) is 32.1 Å². The number of fused-ring (bicyclic) bond motifs is 1. The van der Waals surface area contributed by atoms with Crippen molar-refractivity contribution in [1.82, 2.24) is 5.32 Å². The van der Waals surface area contributed by atoms with E-state index in [4.69, 9.17) is 52.6 Å². The zero-order valence-electron chi connectivity index (χ0n) is 32.3. The molecule has 1 aromatic rings. The van der Waals surface area contributed by atoms with E-state index in [0.717, 1.165) is 36.1 Å². The lowest BCUT2D eigenvalue weighted by atomic mass is 9.83. The van der Waals surface area contributed by atoms with Crippen LogP contribution in [0.15, 0.2) is 23.8 Å². The van der Waals surface area contributed by atoms with Crippen molar-refractivity contribution in [2.75, 3.05) is 23.7 Å². The minimum atomic E-state index is -1.46. The van der Waals surface area contributed by atoms with Crippen LogP contribution in [0.4, 0.5) is 0 Å². The lowest BCUT2D eigenvalue weighted by molar-refractivity contribution is -0.147. The van der Waals surface area contributed by atoms with E-state index in [-0.39, 0.29) is 40.8 Å². The highest BCUT2D eigenvalue weighted by molar-refractivity contribution is 7.96. The van der Waals surface area contributed by atoms with E-state index in [1.807, 2.05) is 0 Å². The standard InChI is InChI=1S/C26H38B3NO12S3/c1-11(25(35)30-16-17(32)18(33)22-24(37-10-36-22)21(16)41-44-8-28)5-13-3-4-14(15(6-13)40-43-7-27)38-26-19(34)23(42-45-9-29)20(39-26)12(2)31/h3-6,16-24,26,32-34H,7-10,27-29H2,1-2H3,(H,30,35)/t16?,17-,18+,19-,20+,21+,22+,23-,24-,26+/m0/s1/i27TD,28TD,29TD,32T,33T. The lowest BCUT2D eigenvalue weighted by Gasteiger charge is -2.43. The van der Waals surface area contributed by atoms with Crippen LogP contribution in [0.25, 0.3) is 6.08 Å². The van der Waals surface area contributed by atoms with Gasteiger partial charge in [-0.2, -0.15) is 0 Å². The topological polar surface area (TPSA) is 171 Å². The summed E-state index contributed by atoms with van der Waals surface area (Å²) in [6, 6.07) is 3.42. The second kappa shape index (κ2) is 17.1. The Morgan fingerprint density at radius 1 is 1.07 bits per heavy atom. The number of carbonyl (C=O) groups is 2. The third-order valence-electron chi connectivity index (χ3n) is 7.08. The van der Waals surface area contributed by atoms with Gasteiger partial charge in [-0.25, -0.2) is 0 Å². The molecule has 1 saturated carbocycles. The predicted octanol–water partition coefficient (Wildman–Crippen LogP) is -2.03. The highest BCUT2D eigenvalue weighted by atomic mass is 32.2. The number of hydrogen-bond donors (Lipinski definition) is 4. The van der Waals surface area contributed by atoms with Crippen molar-refractivity contribution in [3.8, 4) is 11.5 Å². The molecule has 4 rings (SSSR count). The van der Waals surface area contributed by atoms with Crippen LogP contribution in [0, 0.1) is 0 Å². The fourth-order valence-corrected chi connectivity index (χ4v) is 6.24. The number of aliphatic hydroxyl groups is 3. The number of amides is 1. The molecule has 10 atom stereocenters. The van der Waals surface area contributed by atoms with Crippen LogP contribution in [-0.2, 0) is 32.2 Å². The van der Waals surface area contributed by atoms with Gasteiger partial charge in [-0.1, -0.05) is 6.07 Å². The molecule has 19 heteroatoms. The van der Waals surface area contributed by atoms with Crippen molar-refractivity contribution in [2.24, 2.45) is 0 Å². The van der Waals surface area contributed by atoms with Crippen LogP contribution in [0.2, 0.25) is 0 Å². The average Bonchev–Trinajstić information content (AvgIpc) is 3.70. The summed E-state index contributed by atoms with van der Waals surface area (Å²) in [4.78, 5) is 25.9. The van der Waals surface area contributed by atoms with Crippen LogP contribution >= 0.6 is 36.1 Å². The second-order valence-corrected chi connectivity index (χ2v) is 12.3. The third-order valence-corrected chi connectivity index (χ3v) is 8.50. The van der Waals surface area contributed by atoms with Gasteiger partial charge < -0.3 is 52.1 Å². The van der Waals surface area contributed by atoms with Crippen molar-refractivity contribution in [1.29, 1.82) is 10.9 Å². The number of ketones is 1. The first-order valence-corrected chi connectivity index (χ1v) is 16.5. The second-order valence-electron chi connectivity index (χ2n) is 10.0. The fraction of sp³-hybridized carbons (Fsp3) is 0.615. The number of rotatable bonds is 20. The highest BCUT2D eigenvalue weighted by Gasteiger charge is 2.55. The molecule has 2 heterocycles. The Morgan fingerprint density at radius 3 is 2.49 bits per heavy atom. The average molecular weight is 698 g/mol. The molecule has 1 amide bonds.